The molecule has 0 aliphatic heterocycles. The van der Waals surface area contributed by atoms with E-state index in [0.29, 0.717) is 33.5 Å². The molecule has 0 unspecified atom stereocenters. The monoisotopic (exact) mass is 337 g/mol. The molecule has 0 radical (unpaired) electrons. The lowest BCUT2D eigenvalue weighted by Crippen LogP contribution is -2.11. The number of thioether (sulfide) groups is 1. The maximum atomic E-state index is 12.5. The van der Waals surface area contributed by atoms with E-state index < -0.39 is 24.2 Å². The average Bonchev–Trinajstić information content (AvgIpc) is 2.86. The first-order valence-corrected chi connectivity index (χ1v) is 7.17. The second-order valence-electron chi connectivity index (χ2n) is 4.66. The smallest absolute Gasteiger partial charge is 0.220 e. The fraction of sp³-hybridized carbons (Fsp3) is 0.385. The first kappa shape index (κ1) is 16.7. The highest BCUT2D eigenvalue weighted by Crippen LogP contribution is 2.32. The Bertz CT molecular complexity index is 666. The van der Waals surface area contributed by atoms with Gasteiger partial charge in [-0.2, -0.15) is 13.2 Å². The minimum absolute atomic E-state index is 0.423. The van der Waals surface area contributed by atoms with E-state index in [0.717, 1.165) is 11.0 Å². The zero-order chi connectivity index (χ0) is 16.5. The Labute approximate surface area is 127 Å². The van der Waals surface area contributed by atoms with Crippen LogP contribution in [0.15, 0.2) is 23.4 Å². The molecule has 0 aliphatic rings. The van der Waals surface area contributed by atoms with Gasteiger partial charge in [-0.25, -0.2) is 18.4 Å². The Kier molecular flexibility index (Phi) is 4.74. The molecule has 0 spiro atoms. The van der Waals surface area contributed by atoms with Crippen molar-refractivity contribution in [1.29, 1.82) is 0 Å². The number of alkyl halides is 5. The van der Waals surface area contributed by atoms with E-state index in [1.807, 2.05) is 0 Å². The van der Waals surface area contributed by atoms with Crippen LogP contribution >= 0.6 is 11.8 Å². The van der Waals surface area contributed by atoms with Crippen LogP contribution in [0, 0.1) is 13.8 Å². The van der Waals surface area contributed by atoms with Gasteiger partial charge in [-0.15, -0.1) is 16.9 Å². The first-order chi connectivity index (χ1) is 10.2. The molecular weight excluding hydrogens is 325 g/mol. The standard InChI is InChI=1S/C13H12F5N3S/c1-7-3-8(2)10(22-5-13(16,17)18)4-9(7)21-6-19-12(20-21)11(14)15/h3-4,6,11H,5H2,1-2H3. The molecule has 0 fully saturated rings. The summed E-state index contributed by atoms with van der Waals surface area (Å²) in [7, 11) is 0. The lowest BCUT2D eigenvalue weighted by atomic mass is 10.1. The maximum absolute atomic E-state index is 12.5. The Morgan fingerprint density at radius 3 is 2.41 bits per heavy atom. The van der Waals surface area contributed by atoms with Gasteiger partial charge in [0.25, 0.3) is 6.43 Å². The van der Waals surface area contributed by atoms with Crippen molar-refractivity contribution in [2.75, 3.05) is 5.75 Å². The van der Waals surface area contributed by atoms with Gasteiger partial charge in [0.1, 0.15) is 6.33 Å². The number of halogens is 5. The van der Waals surface area contributed by atoms with Crippen LogP contribution in [0.1, 0.15) is 23.4 Å². The van der Waals surface area contributed by atoms with Crippen LogP contribution in [0.5, 0.6) is 0 Å². The molecule has 3 nitrogen and oxygen atoms in total. The van der Waals surface area contributed by atoms with Gasteiger partial charge in [0, 0.05) is 4.90 Å². The predicted molar refractivity (Wildman–Crippen MR) is 72.6 cm³/mol. The number of hydrogen-bond donors (Lipinski definition) is 0. The minimum atomic E-state index is -4.28. The third-order valence-electron chi connectivity index (χ3n) is 2.84. The third-order valence-corrected chi connectivity index (χ3v) is 4.06. The van der Waals surface area contributed by atoms with E-state index in [2.05, 4.69) is 10.1 Å². The highest BCUT2D eigenvalue weighted by molar-refractivity contribution is 7.99. The fourth-order valence-electron chi connectivity index (χ4n) is 1.88. The fourth-order valence-corrected chi connectivity index (χ4v) is 2.68. The number of hydrogen-bond acceptors (Lipinski definition) is 3. The van der Waals surface area contributed by atoms with Crippen LogP contribution in [-0.4, -0.2) is 26.7 Å². The van der Waals surface area contributed by atoms with Gasteiger partial charge in [0.15, 0.2) is 0 Å². The van der Waals surface area contributed by atoms with Crippen LogP contribution in [0.3, 0.4) is 0 Å². The third kappa shape index (κ3) is 3.96. The van der Waals surface area contributed by atoms with Gasteiger partial charge >= 0.3 is 6.18 Å². The lowest BCUT2D eigenvalue weighted by Gasteiger charge is -2.12. The molecule has 22 heavy (non-hydrogen) atoms. The van der Waals surface area contributed by atoms with Crippen molar-refractivity contribution in [1.82, 2.24) is 14.8 Å². The van der Waals surface area contributed by atoms with E-state index in [1.165, 1.54) is 6.07 Å². The molecule has 0 atom stereocenters. The maximum Gasteiger partial charge on any atom is 0.398 e. The number of rotatable bonds is 4. The summed E-state index contributed by atoms with van der Waals surface area (Å²) in [5.41, 5.74) is 1.82. The number of aryl methyl sites for hydroxylation is 2. The molecule has 2 rings (SSSR count). The van der Waals surface area contributed by atoms with Crippen LogP contribution in [0.4, 0.5) is 22.0 Å². The summed E-state index contributed by atoms with van der Waals surface area (Å²) >= 11 is 0.650. The Balaban J connectivity index is 2.34. The number of nitrogens with zero attached hydrogens (tertiary/aromatic N) is 3. The first-order valence-electron chi connectivity index (χ1n) is 6.18. The summed E-state index contributed by atoms with van der Waals surface area (Å²) in [6, 6.07) is 3.20. The van der Waals surface area contributed by atoms with Crippen molar-refractivity contribution >= 4 is 11.8 Å². The average molecular weight is 337 g/mol. The molecule has 0 aliphatic carbocycles. The summed E-state index contributed by atoms with van der Waals surface area (Å²) in [6.07, 6.45) is -5.96. The van der Waals surface area contributed by atoms with E-state index in [9.17, 15) is 22.0 Å². The Morgan fingerprint density at radius 2 is 1.86 bits per heavy atom. The van der Waals surface area contributed by atoms with E-state index in [4.69, 9.17) is 0 Å². The van der Waals surface area contributed by atoms with Crippen LogP contribution in [0.2, 0.25) is 0 Å². The molecule has 9 heteroatoms. The molecule has 120 valence electrons. The van der Waals surface area contributed by atoms with Crippen molar-refractivity contribution in [3.05, 3.63) is 35.4 Å². The van der Waals surface area contributed by atoms with E-state index in [-0.39, 0.29) is 0 Å². The summed E-state index contributed by atoms with van der Waals surface area (Å²) in [6.45, 7) is 3.42. The molecule has 1 heterocycles. The zero-order valence-electron chi connectivity index (χ0n) is 11.7. The topological polar surface area (TPSA) is 30.7 Å². The summed E-state index contributed by atoms with van der Waals surface area (Å²) < 4.78 is 63.2. The molecule has 0 saturated heterocycles. The second-order valence-corrected chi connectivity index (χ2v) is 5.67. The van der Waals surface area contributed by atoms with Crippen LogP contribution in [-0.2, 0) is 0 Å². The van der Waals surface area contributed by atoms with Crippen molar-refractivity contribution in [3.63, 3.8) is 0 Å². The molecule has 1 aromatic heterocycles. The molecule has 1 aromatic carbocycles. The SMILES string of the molecule is Cc1cc(C)c(-n2cnc(C(F)F)n2)cc1SCC(F)(F)F. The Morgan fingerprint density at radius 1 is 1.18 bits per heavy atom. The van der Waals surface area contributed by atoms with Crippen molar-refractivity contribution in [2.45, 2.75) is 31.3 Å². The summed E-state index contributed by atoms with van der Waals surface area (Å²) in [4.78, 5) is 3.91. The van der Waals surface area contributed by atoms with Gasteiger partial charge in [-0.1, -0.05) is 6.07 Å². The second kappa shape index (κ2) is 6.23. The summed E-state index contributed by atoms with van der Waals surface area (Å²) in [5.74, 6) is -1.64. The normalized spacial score (nSPS) is 12.2. The van der Waals surface area contributed by atoms with Gasteiger partial charge in [-0.3, -0.25) is 0 Å². The molecule has 2 aromatic rings. The van der Waals surface area contributed by atoms with Gasteiger partial charge in [-0.05, 0) is 31.0 Å². The molecule has 0 N–H and O–H groups in total. The van der Waals surface area contributed by atoms with Crippen molar-refractivity contribution in [2.24, 2.45) is 0 Å². The lowest BCUT2D eigenvalue weighted by molar-refractivity contribution is -0.105. The predicted octanol–water partition coefficient (Wildman–Crippen LogP) is 4.48. The highest BCUT2D eigenvalue weighted by atomic mass is 32.2. The highest BCUT2D eigenvalue weighted by Gasteiger charge is 2.27. The largest absolute Gasteiger partial charge is 0.398 e. The molecular formula is C13H12F5N3S. The Hall–Kier alpha value is -1.64. The quantitative estimate of drug-likeness (QED) is 0.609. The zero-order valence-corrected chi connectivity index (χ0v) is 12.5. The van der Waals surface area contributed by atoms with Gasteiger partial charge < -0.3 is 0 Å². The molecule has 0 amide bonds. The van der Waals surface area contributed by atoms with Gasteiger partial charge in [0.05, 0.1) is 11.4 Å². The van der Waals surface area contributed by atoms with E-state index in [1.54, 1.807) is 19.9 Å². The van der Waals surface area contributed by atoms with Gasteiger partial charge in [0.2, 0.25) is 5.82 Å². The number of benzene rings is 1. The summed E-state index contributed by atoms with van der Waals surface area (Å²) in [5, 5.41) is 3.64. The molecule has 0 bridgehead atoms. The van der Waals surface area contributed by atoms with Crippen molar-refractivity contribution < 1.29 is 22.0 Å². The van der Waals surface area contributed by atoms with Crippen LogP contribution < -0.4 is 0 Å². The van der Waals surface area contributed by atoms with E-state index >= 15 is 0 Å². The number of aromatic nitrogens is 3. The minimum Gasteiger partial charge on any atom is -0.220 e. The van der Waals surface area contributed by atoms with Crippen molar-refractivity contribution in [3.8, 4) is 5.69 Å². The molecule has 0 saturated carbocycles. The van der Waals surface area contributed by atoms with Crippen LogP contribution in [0.25, 0.3) is 5.69 Å².